The van der Waals surface area contributed by atoms with E-state index in [9.17, 15) is 0 Å². The Morgan fingerprint density at radius 2 is 1.43 bits per heavy atom. The predicted octanol–water partition coefficient (Wildman–Crippen LogP) is 6.95. The molecule has 0 radical (unpaired) electrons. The molecule has 0 aliphatic heterocycles. The van der Waals surface area contributed by atoms with Crippen molar-refractivity contribution in [2.75, 3.05) is 12.4 Å². The first-order chi connectivity index (χ1) is 18.2. The van der Waals surface area contributed by atoms with Gasteiger partial charge in [-0.3, -0.25) is 0 Å². The second-order valence-electron chi connectivity index (χ2n) is 8.65. The third kappa shape index (κ3) is 6.05. The first-order valence-electron chi connectivity index (χ1n) is 12.1. The number of nitrogens with zero attached hydrogens (tertiary/aromatic N) is 3. The van der Waals surface area contributed by atoms with Gasteiger partial charge in [0, 0.05) is 36.1 Å². The number of ether oxygens (including phenoxy) is 1. The van der Waals surface area contributed by atoms with Gasteiger partial charge < -0.3 is 15.0 Å². The van der Waals surface area contributed by atoms with Gasteiger partial charge in [-0.25, -0.2) is 4.68 Å². The lowest BCUT2D eigenvalue weighted by Crippen LogP contribution is -2.33. The molecule has 5 nitrogen and oxygen atoms in total. The second-order valence-corrected chi connectivity index (χ2v) is 9.04. The predicted molar refractivity (Wildman–Crippen MR) is 154 cm³/mol. The molecule has 0 aliphatic carbocycles. The third-order valence-corrected chi connectivity index (χ3v) is 6.42. The maximum absolute atomic E-state index is 5.92. The van der Waals surface area contributed by atoms with Crippen LogP contribution in [0.3, 0.4) is 0 Å². The summed E-state index contributed by atoms with van der Waals surface area (Å²) in [5.74, 6) is 0.812. The van der Waals surface area contributed by atoms with E-state index in [4.69, 9.17) is 22.1 Å². The van der Waals surface area contributed by atoms with Crippen molar-refractivity contribution in [1.29, 1.82) is 0 Å². The highest BCUT2D eigenvalue weighted by Crippen LogP contribution is 2.27. The average Bonchev–Trinajstić information content (AvgIpc) is 3.38. The number of thiocarbonyl (C=S) groups is 1. The van der Waals surface area contributed by atoms with Crippen molar-refractivity contribution in [3.05, 3.63) is 133 Å². The second kappa shape index (κ2) is 11.5. The summed E-state index contributed by atoms with van der Waals surface area (Å²) in [5, 5.41) is 9.06. The van der Waals surface area contributed by atoms with Gasteiger partial charge in [0.25, 0.3) is 0 Å². The molecular weight excluding hydrogens is 476 g/mol. The Bertz CT molecular complexity index is 1440. The molecule has 0 fully saturated rings. The van der Waals surface area contributed by atoms with Gasteiger partial charge in [-0.1, -0.05) is 66.7 Å². The van der Waals surface area contributed by atoms with Crippen LogP contribution in [0.25, 0.3) is 16.9 Å². The van der Waals surface area contributed by atoms with Gasteiger partial charge >= 0.3 is 0 Å². The van der Waals surface area contributed by atoms with Gasteiger partial charge in [-0.2, -0.15) is 5.10 Å². The highest BCUT2D eigenvalue weighted by Gasteiger charge is 2.18. The molecule has 1 heterocycles. The number of anilines is 1. The van der Waals surface area contributed by atoms with E-state index in [0.29, 0.717) is 18.2 Å². The monoisotopic (exact) mass is 504 g/mol. The SMILES string of the molecule is COc1ccc(-c2nn(-c3ccccc3)cc2CN(Cc2ccccc2)C(=S)Nc2ccccc2)cc1. The number of para-hydroxylation sites is 2. The maximum Gasteiger partial charge on any atom is 0.174 e. The van der Waals surface area contributed by atoms with Gasteiger partial charge in [0.05, 0.1) is 18.5 Å². The number of hydrogen-bond acceptors (Lipinski definition) is 3. The minimum Gasteiger partial charge on any atom is -0.497 e. The molecule has 1 N–H and O–H groups in total. The van der Waals surface area contributed by atoms with Crippen LogP contribution in [0.1, 0.15) is 11.1 Å². The van der Waals surface area contributed by atoms with Crippen molar-refractivity contribution >= 4 is 23.0 Å². The molecule has 0 atom stereocenters. The average molecular weight is 505 g/mol. The Morgan fingerprint density at radius 3 is 2.08 bits per heavy atom. The van der Waals surface area contributed by atoms with Crippen LogP contribution in [0.2, 0.25) is 0 Å². The zero-order valence-corrected chi connectivity index (χ0v) is 21.4. The van der Waals surface area contributed by atoms with Crippen molar-refractivity contribution in [3.8, 4) is 22.7 Å². The van der Waals surface area contributed by atoms with Crippen LogP contribution in [-0.4, -0.2) is 26.9 Å². The van der Waals surface area contributed by atoms with Crippen LogP contribution in [0.4, 0.5) is 5.69 Å². The van der Waals surface area contributed by atoms with Gasteiger partial charge in [0.2, 0.25) is 0 Å². The molecule has 6 heteroatoms. The molecule has 5 rings (SSSR count). The van der Waals surface area contributed by atoms with Crippen LogP contribution in [0.15, 0.2) is 121 Å². The smallest absolute Gasteiger partial charge is 0.174 e. The number of benzene rings is 4. The Morgan fingerprint density at radius 1 is 0.811 bits per heavy atom. The van der Waals surface area contributed by atoms with E-state index in [0.717, 1.165) is 33.9 Å². The Balaban J connectivity index is 1.52. The molecule has 5 aromatic rings. The summed E-state index contributed by atoms with van der Waals surface area (Å²) in [4.78, 5) is 2.18. The molecule has 184 valence electrons. The quantitative estimate of drug-likeness (QED) is 0.232. The fourth-order valence-electron chi connectivity index (χ4n) is 4.16. The van der Waals surface area contributed by atoms with Crippen LogP contribution in [0, 0.1) is 0 Å². The first-order valence-corrected chi connectivity index (χ1v) is 12.5. The Labute approximate surface area is 223 Å². The maximum atomic E-state index is 5.92. The first kappa shape index (κ1) is 24.3. The Kier molecular flexibility index (Phi) is 7.58. The van der Waals surface area contributed by atoms with Crippen molar-refractivity contribution in [2.45, 2.75) is 13.1 Å². The summed E-state index contributed by atoms with van der Waals surface area (Å²) in [5.41, 5.74) is 6.14. The molecular formula is C31H28N4OS. The number of hydrogen-bond donors (Lipinski definition) is 1. The topological polar surface area (TPSA) is 42.3 Å². The molecule has 0 spiro atoms. The lowest BCUT2D eigenvalue weighted by atomic mass is 10.1. The van der Waals surface area contributed by atoms with E-state index >= 15 is 0 Å². The van der Waals surface area contributed by atoms with E-state index in [1.54, 1.807) is 7.11 Å². The van der Waals surface area contributed by atoms with Gasteiger partial charge in [-0.15, -0.1) is 0 Å². The van der Waals surface area contributed by atoms with E-state index in [1.165, 1.54) is 5.56 Å². The molecule has 4 aromatic carbocycles. The largest absolute Gasteiger partial charge is 0.497 e. The molecule has 37 heavy (non-hydrogen) atoms. The fraction of sp³-hybridized carbons (Fsp3) is 0.0968. The minimum atomic E-state index is 0.585. The summed E-state index contributed by atoms with van der Waals surface area (Å²) in [6, 6.07) is 38.6. The van der Waals surface area contributed by atoms with Gasteiger partial charge in [0.15, 0.2) is 5.11 Å². The standard InChI is InChI=1S/C31H28N4OS/c1-36-29-19-17-25(18-20-29)30-26(23-35(33-30)28-15-9-4-10-16-28)22-34(21-24-11-5-2-6-12-24)31(37)32-27-13-7-3-8-14-27/h2-20,23H,21-22H2,1H3,(H,32,37). The van der Waals surface area contributed by atoms with E-state index in [-0.39, 0.29) is 0 Å². The number of rotatable bonds is 8. The summed E-state index contributed by atoms with van der Waals surface area (Å²) in [7, 11) is 1.67. The highest BCUT2D eigenvalue weighted by atomic mass is 32.1. The van der Waals surface area contributed by atoms with E-state index in [1.807, 2.05) is 83.5 Å². The summed E-state index contributed by atoms with van der Waals surface area (Å²) >= 11 is 5.92. The lowest BCUT2D eigenvalue weighted by molar-refractivity contribution is 0.413. The third-order valence-electron chi connectivity index (χ3n) is 6.06. The van der Waals surface area contributed by atoms with Crippen molar-refractivity contribution in [2.24, 2.45) is 0 Å². The van der Waals surface area contributed by atoms with Gasteiger partial charge in [0.1, 0.15) is 5.75 Å². The molecule has 0 amide bonds. The van der Waals surface area contributed by atoms with Crippen molar-refractivity contribution < 1.29 is 4.74 Å². The fourth-order valence-corrected chi connectivity index (χ4v) is 4.41. The highest BCUT2D eigenvalue weighted by molar-refractivity contribution is 7.80. The van der Waals surface area contributed by atoms with E-state index < -0.39 is 0 Å². The summed E-state index contributed by atoms with van der Waals surface area (Å²) < 4.78 is 7.30. The van der Waals surface area contributed by atoms with Crippen LogP contribution < -0.4 is 10.1 Å². The summed E-state index contributed by atoms with van der Waals surface area (Å²) in [6.07, 6.45) is 2.10. The van der Waals surface area contributed by atoms with Crippen LogP contribution in [0.5, 0.6) is 5.75 Å². The zero-order chi connectivity index (χ0) is 25.5. The Hall–Kier alpha value is -4.42. The molecule has 0 saturated carbocycles. The van der Waals surface area contributed by atoms with Gasteiger partial charge in [-0.05, 0) is 66.3 Å². The number of aromatic nitrogens is 2. The minimum absolute atomic E-state index is 0.585. The molecule has 1 aromatic heterocycles. The molecule has 0 bridgehead atoms. The normalized spacial score (nSPS) is 10.6. The molecule has 0 saturated heterocycles. The number of methoxy groups -OCH3 is 1. The number of nitrogens with one attached hydrogen (secondary N) is 1. The van der Waals surface area contributed by atoms with Crippen molar-refractivity contribution in [1.82, 2.24) is 14.7 Å². The van der Waals surface area contributed by atoms with Crippen molar-refractivity contribution in [3.63, 3.8) is 0 Å². The summed E-state index contributed by atoms with van der Waals surface area (Å²) in [6.45, 7) is 1.25. The lowest BCUT2D eigenvalue weighted by Gasteiger charge is -2.26. The zero-order valence-electron chi connectivity index (χ0n) is 20.6. The molecule has 0 aliphatic rings. The molecule has 0 unspecified atom stereocenters. The van der Waals surface area contributed by atoms with E-state index in [2.05, 4.69) is 52.8 Å². The van der Waals surface area contributed by atoms with Crippen LogP contribution >= 0.6 is 12.2 Å². The van der Waals surface area contributed by atoms with Crippen LogP contribution in [-0.2, 0) is 13.1 Å².